The highest BCUT2D eigenvalue weighted by Gasteiger charge is 2.09. The Bertz CT molecular complexity index is 838. The molecule has 1 N–H and O–H groups in total. The van der Waals surface area contributed by atoms with E-state index in [-0.39, 0.29) is 17.0 Å². The summed E-state index contributed by atoms with van der Waals surface area (Å²) >= 11 is 6.20. The third kappa shape index (κ3) is 4.93. The lowest BCUT2D eigenvalue weighted by molar-refractivity contribution is 0.316. The van der Waals surface area contributed by atoms with Crippen molar-refractivity contribution in [2.45, 2.75) is 13.8 Å². The van der Waals surface area contributed by atoms with Crippen molar-refractivity contribution in [1.29, 1.82) is 0 Å². The average molecular weight is 436 g/mol. The van der Waals surface area contributed by atoms with Gasteiger partial charge in [0, 0.05) is 35.4 Å². The van der Waals surface area contributed by atoms with Gasteiger partial charge in [0.15, 0.2) is 0 Å². The van der Waals surface area contributed by atoms with Crippen LogP contribution in [0.25, 0.3) is 22.3 Å². The SMILES string of the molecule is Br.CCN(CC)CCNc1cc(-c2ccccn2)nc2ccc(Cl)cc12. The van der Waals surface area contributed by atoms with E-state index in [4.69, 9.17) is 16.6 Å². The number of likely N-dealkylation sites (N-methyl/N-ethyl adjacent to an activating group) is 1. The number of halogens is 2. The van der Waals surface area contributed by atoms with Crippen LogP contribution in [-0.2, 0) is 0 Å². The number of pyridine rings is 2. The molecule has 0 aliphatic heterocycles. The number of nitrogens with zero attached hydrogens (tertiary/aromatic N) is 3. The monoisotopic (exact) mass is 434 g/mol. The van der Waals surface area contributed by atoms with Crippen molar-refractivity contribution < 1.29 is 0 Å². The van der Waals surface area contributed by atoms with Crippen LogP contribution in [0.5, 0.6) is 0 Å². The Balaban J connectivity index is 0.00000243. The van der Waals surface area contributed by atoms with Gasteiger partial charge in [0.25, 0.3) is 0 Å². The van der Waals surface area contributed by atoms with Gasteiger partial charge in [0.05, 0.1) is 16.9 Å². The van der Waals surface area contributed by atoms with Gasteiger partial charge in [0.1, 0.15) is 0 Å². The maximum absolute atomic E-state index is 6.20. The standard InChI is InChI=1S/C20H23ClN4.BrH/c1-3-25(4-2)12-11-23-19-14-20(18-7-5-6-10-22-18)24-17-9-8-15(21)13-16(17)19;/h5-10,13-14H,3-4,11-12H2,1-2H3,(H,23,24);1H. The molecule has 0 bridgehead atoms. The van der Waals surface area contributed by atoms with E-state index in [0.717, 1.165) is 54.2 Å². The van der Waals surface area contributed by atoms with Crippen molar-refractivity contribution >= 4 is 45.2 Å². The number of aromatic nitrogens is 2. The average Bonchev–Trinajstić information content (AvgIpc) is 2.66. The number of benzene rings is 1. The van der Waals surface area contributed by atoms with Crippen molar-refractivity contribution in [2.75, 3.05) is 31.5 Å². The molecule has 26 heavy (non-hydrogen) atoms. The highest BCUT2D eigenvalue weighted by molar-refractivity contribution is 8.93. The molecule has 3 rings (SSSR count). The number of rotatable bonds is 7. The first-order valence-electron chi connectivity index (χ1n) is 8.69. The summed E-state index contributed by atoms with van der Waals surface area (Å²) in [6.07, 6.45) is 1.79. The smallest absolute Gasteiger partial charge is 0.0914 e. The molecule has 0 spiro atoms. The van der Waals surface area contributed by atoms with Crippen LogP contribution in [0.4, 0.5) is 5.69 Å². The molecule has 0 atom stereocenters. The van der Waals surface area contributed by atoms with Gasteiger partial charge in [-0.05, 0) is 49.5 Å². The number of nitrogens with one attached hydrogen (secondary N) is 1. The fourth-order valence-electron chi connectivity index (χ4n) is 2.88. The summed E-state index contributed by atoms with van der Waals surface area (Å²) in [5.41, 5.74) is 3.69. The first-order chi connectivity index (χ1) is 12.2. The van der Waals surface area contributed by atoms with Crippen LogP contribution in [0.2, 0.25) is 5.02 Å². The molecule has 3 aromatic rings. The lowest BCUT2D eigenvalue weighted by Crippen LogP contribution is -2.28. The fourth-order valence-corrected chi connectivity index (χ4v) is 3.05. The number of anilines is 1. The molecule has 1 aromatic carbocycles. The molecule has 0 unspecified atom stereocenters. The molecule has 0 saturated heterocycles. The predicted octanol–water partition coefficient (Wildman–Crippen LogP) is 5.28. The topological polar surface area (TPSA) is 41.0 Å². The Hall–Kier alpha value is -1.69. The highest BCUT2D eigenvalue weighted by Crippen LogP contribution is 2.29. The van der Waals surface area contributed by atoms with Crippen LogP contribution >= 0.6 is 28.6 Å². The summed E-state index contributed by atoms with van der Waals surface area (Å²) in [6, 6.07) is 13.7. The van der Waals surface area contributed by atoms with Crippen LogP contribution in [0, 0.1) is 0 Å². The largest absolute Gasteiger partial charge is 0.383 e. The van der Waals surface area contributed by atoms with Crippen LogP contribution in [-0.4, -0.2) is 41.0 Å². The molecular formula is C20H24BrClN4. The van der Waals surface area contributed by atoms with Gasteiger partial charge in [-0.1, -0.05) is 31.5 Å². The van der Waals surface area contributed by atoms with Gasteiger partial charge in [0.2, 0.25) is 0 Å². The summed E-state index contributed by atoms with van der Waals surface area (Å²) in [5.74, 6) is 0. The second-order valence-corrected chi connectivity index (χ2v) is 6.32. The predicted molar refractivity (Wildman–Crippen MR) is 117 cm³/mol. The molecule has 2 aromatic heterocycles. The van der Waals surface area contributed by atoms with Crippen molar-refractivity contribution in [2.24, 2.45) is 0 Å². The molecular weight excluding hydrogens is 412 g/mol. The lowest BCUT2D eigenvalue weighted by Gasteiger charge is -2.19. The third-order valence-corrected chi connectivity index (χ3v) is 4.57. The molecule has 4 nitrogen and oxygen atoms in total. The van der Waals surface area contributed by atoms with E-state index in [1.165, 1.54) is 0 Å². The highest BCUT2D eigenvalue weighted by atomic mass is 79.9. The van der Waals surface area contributed by atoms with Gasteiger partial charge < -0.3 is 10.2 Å². The Morgan fingerprint density at radius 3 is 2.54 bits per heavy atom. The van der Waals surface area contributed by atoms with E-state index in [1.807, 2.05) is 36.4 Å². The first kappa shape index (κ1) is 20.6. The maximum Gasteiger partial charge on any atom is 0.0914 e. The zero-order valence-electron chi connectivity index (χ0n) is 15.1. The summed E-state index contributed by atoms with van der Waals surface area (Å²) < 4.78 is 0. The Morgan fingerprint density at radius 1 is 1.04 bits per heavy atom. The van der Waals surface area contributed by atoms with Crippen molar-refractivity contribution in [3.63, 3.8) is 0 Å². The second-order valence-electron chi connectivity index (χ2n) is 5.89. The quantitative estimate of drug-likeness (QED) is 0.548. The Labute approximate surface area is 170 Å². The normalized spacial score (nSPS) is 10.8. The van der Waals surface area contributed by atoms with Gasteiger partial charge in [-0.2, -0.15) is 0 Å². The van der Waals surface area contributed by atoms with Gasteiger partial charge >= 0.3 is 0 Å². The fraction of sp³-hybridized carbons (Fsp3) is 0.300. The summed E-state index contributed by atoms with van der Waals surface area (Å²) in [4.78, 5) is 11.6. The zero-order valence-corrected chi connectivity index (χ0v) is 17.5. The molecule has 6 heteroatoms. The van der Waals surface area contributed by atoms with Crippen molar-refractivity contribution in [1.82, 2.24) is 14.9 Å². The molecule has 2 heterocycles. The minimum absolute atomic E-state index is 0. The van der Waals surface area contributed by atoms with E-state index < -0.39 is 0 Å². The van der Waals surface area contributed by atoms with E-state index in [9.17, 15) is 0 Å². The second kappa shape index (κ2) is 9.86. The summed E-state index contributed by atoms with van der Waals surface area (Å²) in [7, 11) is 0. The number of fused-ring (bicyclic) bond motifs is 1. The van der Waals surface area contributed by atoms with E-state index >= 15 is 0 Å². The zero-order chi connectivity index (χ0) is 17.6. The number of hydrogen-bond acceptors (Lipinski definition) is 4. The minimum Gasteiger partial charge on any atom is -0.383 e. The first-order valence-corrected chi connectivity index (χ1v) is 9.07. The Morgan fingerprint density at radius 2 is 1.85 bits per heavy atom. The third-order valence-electron chi connectivity index (χ3n) is 4.34. The van der Waals surface area contributed by atoms with Crippen molar-refractivity contribution in [3.8, 4) is 11.4 Å². The molecule has 0 radical (unpaired) electrons. The Kier molecular flexibility index (Phi) is 7.82. The summed E-state index contributed by atoms with van der Waals surface area (Å²) in [5, 5.41) is 5.30. The molecule has 0 saturated carbocycles. The number of hydrogen-bond donors (Lipinski definition) is 1. The van der Waals surface area contributed by atoms with Crippen molar-refractivity contribution in [3.05, 3.63) is 53.7 Å². The van der Waals surface area contributed by atoms with Crippen LogP contribution in [0.1, 0.15) is 13.8 Å². The summed E-state index contributed by atoms with van der Waals surface area (Å²) in [6.45, 7) is 8.35. The molecule has 0 aliphatic carbocycles. The van der Waals surface area contributed by atoms with Crippen LogP contribution < -0.4 is 5.32 Å². The van der Waals surface area contributed by atoms with E-state index in [1.54, 1.807) is 6.20 Å². The van der Waals surface area contributed by atoms with Crippen LogP contribution in [0.3, 0.4) is 0 Å². The molecule has 0 amide bonds. The maximum atomic E-state index is 6.20. The van der Waals surface area contributed by atoms with Gasteiger partial charge in [-0.3, -0.25) is 4.98 Å². The lowest BCUT2D eigenvalue weighted by atomic mass is 10.1. The van der Waals surface area contributed by atoms with Crippen LogP contribution in [0.15, 0.2) is 48.7 Å². The van der Waals surface area contributed by atoms with Gasteiger partial charge in [-0.15, -0.1) is 17.0 Å². The van der Waals surface area contributed by atoms with Gasteiger partial charge in [-0.25, -0.2) is 4.98 Å². The van der Waals surface area contributed by atoms with E-state index in [0.29, 0.717) is 5.02 Å². The van der Waals surface area contributed by atoms with E-state index in [2.05, 4.69) is 35.1 Å². The molecule has 0 aliphatic rings. The molecule has 0 fully saturated rings. The minimum atomic E-state index is 0. The molecule has 138 valence electrons.